The second-order valence-corrected chi connectivity index (χ2v) is 1.46. The summed E-state index contributed by atoms with van der Waals surface area (Å²) in [5, 5.41) is 8.69. The van der Waals surface area contributed by atoms with Gasteiger partial charge in [0.05, 0.1) is 6.10 Å². The van der Waals surface area contributed by atoms with Crippen molar-refractivity contribution in [2.45, 2.75) is 19.4 Å². The van der Waals surface area contributed by atoms with Crippen LogP contribution in [0.3, 0.4) is 0 Å². The molecule has 0 amide bonds. The first-order valence-corrected chi connectivity index (χ1v) is 2.48. The number of aliphatic hydroxyl groups is 1. The van der Waals surface area contributed by atoms with E-state index in [1.807, 2.05) is 0 Å². The van der Waals surface area contributed by atoms with Gasteiger partial charge < -0.3 is 9.84 Å². The molecule has 1 atom stereocenters. The molecule has 0 bridgehead atoms. The van der Waals surface area contributed by atoms with Gasteiger partial charge in [-0.3, -0.25) is 0 Å². The molecule has 0 aromatic carbocycles. The summed E-state index contributed by atoms with van der Waals surface area (Å²) in [5.41, 5.74) is 0. The topological polar surface area (TPSA) is 46.5 Å². The number of ether oxygens (including phenoxy) is 1. The van der Waals surface area contributed by atoms with Crippen LogP contribution in [0.15, 0.2) is 0 Å². The van der Waals surface area contributed by atoms with Crippen LogP contribution in [0.25, 0.3) is 0 Å². The van der Waals surface area contributed by atoms with Crippen molar-refractivity contribution < 1.29 is 14.6 Å². The van der Waals surface area contributed by atoms with Gasteiger partial charge in [0.15, 0.2) is 0 Å². The summed E-state index contributed by atoms with van der Waals surface area (Å²) in [6.45, 7) is 3.08. The van der Waals surface area contributed by atoms with Crippen LogP contribution < -0.4 is 0 Å². The highest BCUT2D eigenvalue weighted by atomic mass is 16.5. The lowest BCUT2D eigenvalue weighted by Gasteiger charge is -2.02. The van der Waals surface area contributed by atoms with Gasteiger partial charge in [-0.1, -0.05) is 6.92 Å². The van der Waals surface area contributed by atoms with Crippen LogP contribution in [0, 0.1) is 0 Å². The van der Waals surface area contributed by atoms with Crippen molar-refractivity contribution in [3.8, 4) is 0 Å². The van der Waals surface area contributed by atoms with Crippen molar-refractivity contribution in [2.24, 2.45) is 0 Å². The quantitative estimate of drug-likeness (QED) is 0.556. The van der Waals surface area contributed by atoms with Crippen LogP contribution in [-0.2, 0) is 9.53 Å². The summed E-state index contributed by atoms with van der Waals surface area (Å²) in [6, 6.07) is 0. The number of hydrogen-bond donors (Lipinski definition) is 1. The summed E-state index contributed by atoms with van der Waals surface area (Å²) in [7, 11) is 0. The highest BCUT2D eigenvalue weighted by molar-refractivity contribution is 5.38. The molecular weight excluding hydrogens is 108 g/mol. The first-order valence-electron chi connectivity index (χ1n) is 2.48. The first-order chi connectivity index (χ1) is 3.81. The molecule has 0 fully saturated rings. The van der Waals surface area contributed by atoms with E-state index in [9.17, 15) is 4.79 Å². The number of hydrogen-bond acceptors (Lipinski definition) is 3. The van der Waals surface area contributed by atoms with Gasteiger partial charge >= 0.3 is 6.47 Å². The van der Waals surface area contributed by atoms with Crippen molar-refractivity contribution in [1.82, 2.24) is 0 Å². The van der Waals surface area contributed by atoms with Crippen LogP contribution in [0.2, 0.25) is 0 Å². The molecule has 0 saturated heterocycles. The Morgan fingerprint density at radius 1 is 1.88 bits per heavy atom. The van der Waals surface area contributed by atoms with Crippen LogP contribution in [0.4, 0.5) is 0 Å². The van der Waals surface area contributed by atoms with Crippen LogP contribution in [0.1, 0.15) is 13.3 Å². The molecule has 3 heteroatoms. The SMILES string of the molecule is CCC(O)CO[C]=O. The molecule has 0 aliphatic heterocycles. The third-order valence-corrected chi connectivity index (χ3v) is 0.806. The number of carbonyl (C=O) groups excluding carboxylic acids is 1. The van der Waals surface area contributed by atoms with E-state index < -0.39 is 6.10 Å². The van der Waals surface area contributed by atoms with Gasteiger partial charge in [-0.25, -0.2) is 4.79 Å². The van der Waals surface area contributed by atoms with E-state index in [0.29, 0.717) is 6.42 Å². The summed E-state index contributed by atoms with van der Waals surface area (Å²) < 4.78 is 4.13. The zero-order chi connectivity index (χ0) is 6.41. The summed E-state index contributed by atoms with van der Waals surface area (Å²) >= 11 is 0. The van der Waals surface area contributed by atoms with Crippen molar-refractivity contribution >= 4 is 6.47 Å². The maximum Gasteiger partial charge on any atom is 0.417 e. The highest BCUT2D eigenvalue weighted by Gasteiger charge is 1.97. The van der Waals surface area contributed by atoms with Gasteiger partial charge in [0.25, 0.3) is 0 Å². The minimum absolute atomic E-state index is 0.0556. The summed E-state index contributed by atoms with van der Waals surface area (Å²) in [6.07, 6.45) is 0.0678. The van der Waals surface area contributed by atoms with Crippen molar-refractivity contribution in [2.75, 3.05) is 6.61 Å². The lowest BCUT2D eigenvalue weighted by atomic mass is 10.3. The average Bonchev–Trinajstić information content (AvgIpc) is 1.83. The highest BCUT2D eigenvalue weighted by Crippen LogP contribution is 1.87. The summed E-state index contributed by atoms with van der Waals surface area (Å²) in [4.78, 5) is 9.37. The number of rotatable bonds is 4. The molecule has 8 heavy (non-hydrogen) atoms. The molecule has 47 valence electrons. The molecule has 0 aromatic rings. The molecule has 0 rings (SSSR count). The van der Waals surface area contributed by atoms with E-state index in [4.69, 9.17) is 5.11 Å². The van der Waals surface area contributed by atoms with E-state index in [2.05, 4.69) is 4.74 Å². The van der Waals surface area contributed by atoms with Gasteiger partial charge in [-0.2, -0.15) is 0 Å². The fourth-order valence-electron chi connectivity index (χ4n) is 0.248. The Morgan fingerprint density at radius 2 is 2.50 bits per heavy atom. The van der Waals surface area contributed by atoms with Gasteiger partial charge in [0.1, 0.15) is 6.61 Å². The van der Waals surface area contributed by atoms with E-state index in [-0.39, 0.29) is 6.61 Å². The maximum absolute atomic E-state index is 9.37. The van der Waals surface area contributed by atoms with Crippen molar-refractivity contribution in [1.29, 1.82) is 0 Å². The zero-order valence-corrected chi connectivity index (χ0v) is 4.76. The molecule has 0 aliphatic carbocycles. The van der Waals surface area contributed by atoms with Gasteiger partial charge in [-0.05, 0) is 6.42 Å². The molecule has 1 radical (unpaired) electrons. The molecular formula is C5H9O3. The van der Waals surface area contributed by atoms with Gasteiger partial charge in [0, 0.05) is 0 Å². The van der Waals surface area contributed by atoms with Crippen LogP contribution in [-0.4, -0.2) is 24.3 Å². The van der Waals surface area contributed by atoms with Gasteiger partial charge in [-0.15, -0.1) is 0 Å². The van der Waals surface area contributed by atoms with E-state index in [0.717, 1.165) is 0 Å². The smallest absolute Gasteiger partial charge is 0.417 e. The van der Waals surface area contributed by atoms with Crippen molar-refractivity contribution in [3.05, 3.63) is 0 Å². The molecule has 0 saturated carbocycles. The fraction of sp³-hybridized carbons (Fsp3) is 0.800. The predicted molar refractivity (Wildman–Crippen MR) is 27.9 cm³/mol. The van der Waals surface area contributed by atoms with E-state index in [1.54, 1.807) is 6.92 Å². The Kier molecular flexibility index (Phi) is 4.26. The van der Waals surface area contributed by atoms with Crippen LogP contribution in [0.5, 0.6) is 0 Å². The fourth-order valence-corrected chi connectivity index (χ4v) is 0.248. The minimum atomic E-state index is -0.531. The molecule has 1 unspecified atom stereocenters. The molecule has 0 aliphatic rings. The Balaban J connectivity index is 2.97. The molecule has 0 heterocycles. The third-order valence-electron chi connectivity index (χ3n) is 0.806. The molecule has 1 N–H and O–H groups in total. The molecule has 3 nitrogen and oxygen atoms in total. The Bertz CT molecular complexity index is 62.7. The maximum atomic E-state index is 9.37. The second kappa shape index (κ2) is 4.59. The lowest BCUT2D eigenvalue weighted by Crippen LogP contribution is -2.12. The normalized spacial score (nSPS) is 12.8. The predicted octanol–water partition coefficient (Wildman–Crippen LogP) is -0.159. The Labute approximate surface area is 48.3 Å². The summed E-state index contributed by atoms with van der Waals surface area (Å²) in [5.74, 6) is 0. The second-order valence-electron chi connectivity index (χ2n) is 1.46. The zero-order valence-electron chi connectivity index (χ0n) is 4.76. The first kappa shape index (κ1) is 7.43. The minimum Gasteiger partial charge on any atom is -0.455 e. The van der Waals surface area contributed by atoms with Crippen LogP contribution >= 0.6 is 0 Å². The van der Waals surface area contributed by atoms with E-state index >= 15 is 0 Å². The van der Waals surface area contributed by atoms with Gasteiger partial charge in [0.2, 0.25) is 0 Å². The Hall–Kier alpha value is -0.570. The average molecular weight is 117 g/mol. The Morgan fingerprint density at radius 3 is 2.88 bits per heavy atom. The van der Waals surface area contributed by atoms with Crippen molar-refractivity contribution in [3.63, 3.8) is 0 Å². The standard InChI is InChI=1S/C5H9O3/c1-2-5(7)3-8-4-6/h5,7H,2-3H2,1H3. The largest absolute Gasteiger partial charge is 0.455 e. The van der Waals surface area contributed by atoms with E-state index in [1.165, 1.54) is 6.47 Å². The molecule has 0 spiro atoms. The number of aliphatic hydroxyl groups excluding tert-OH is 1. The third kappa shape index (κ3) is 3.61. The molecule has 0 aromatic heterocycles. The lowest BCUT2D eigenvalue weighted by molar-refractivity contribution is 0.0958. The monoisotopic (exact) mass is 117 g/mol.